The number of aromatic hydroxyl groups is 1. The number of nitrogen functional groups attached to an aromatic ring is 1. The van der Waals surface area contributed by atoms with Gasteiger partial charge in [-0.2, -0.15) is 0 Å². The number of benzene rings is 2. The summed E-state index contributed by atoms with van der Waals surface area (Å²) >= 11 is 1.63. The predicted molar refractivity (Wildman–Crippen MR) is 295 cm³/mol. The van der Waals surface area contributed by atoms with E-state index in [1.807, 2.05) is 36.4 Å². The monoisotopic (exact) mass is 1050 g/mol. The number of amides is 1. The van der Waals surface area contributed by atoms with E-state index in [9.17, 15) is 15.0 Å². The van der Waals surface area contributed by atoms with Gasteiger partial charge in [-0.05, 0) is 106 Å². The summed E-state index contributed by atoms with van der Waals surface area (Å²) in [6.45, 7) is 15.2. The van der Waals surface area contributed by atoms with Crippen LogP contribution in [0.25, 0.3) is 21.7 Å². The highest BCUT2D eigenvalue weighted by molar-refractivity contribution is 7.13. The number of rotatable bonds is 18. The quantitative estimate of drug-likeness (QED) is 0.0359. The number of likely N-dealkylation sites (tertiary alicyclic amines) is 2. The van der Waals surface area contributed by atoms with E-state index >= 15 is 0 Å². The number of hydrogen-bond acceptors (Lipinski definition) is 18. The summed E-state index contributed by atoms with van der Waals surface area (Å²) in [6, 6.07) is 18.6. The van der Waals surface area contributed by atoms with Crippen molar-refractivity contribution in [3.63, 3.8) is 0 Å². The van der Waals surface area contributed by atoms with Crippen LogP contribution in [-0.4, -0.2) is 139 Å². The molecule has 4 atom stereocenters. The van der Waals surface area contributed by atoms with Gasteiger partial charge in [0.15, 0.2) is 17.3 Å². The summed E-state index contributed by atoms with van der Waals surface area (Å²) in [5, 5.41) is 50.2. The van der Waals surface area contributed by atoms with Crippen LogP contribution < -0.4 is 30.9 Å². The normalized spacial score (nSPS) is 19.7. The largest absolute Gasteiger partial charge is 0.507 e. The number of hydrogen-bond donors (Lipinski definition) is 6. The van der Waals surface area contributed by atoms with Crippen molar-refractivity contribution in [2.45, 2.75) is 115 Å². The Bertz CT molecular complexity index is 2890. The van der Waals surface area contributed by atoms with Gasteiger partial charge in [-0.15, -0.1) is 21.5 Å². The summed E-state index contributed by atoms with van der Waals surface area (Å²) in [4.78, 5) is 37.8. The maximum Gasteiger partial charge on any atom is 0.237 e. The van der Waals surface area contributed by atoms with Crippen molar-refractivity contribution in [3.05, 3.63) is 101 Å². The molecule has 4 aliphatic rings. The summed E-state index contributed by atoms with van der Waals surface area (Å²) < 4.78 is 12.4. The number of aliphatic hydroxyl groups is 1. The molecular weight excluding hydrogens is 981 g/mol. The second-order valence-corrected chi connectivity index (χ2v) is 22.2. The van der Waals surface area contributed by atoms with Crippen LogP contribution in [-0.2, 0) is 4.79 Å². The molecule has 20 heteroatoms. The summed E-state index contributed by atoms with van der Waals surface area (Å²) in [5.74, 6) is 2.98. The van der Waals surface area contributed by atoms with Crippen LogP contribution in [0.4, 0.5) is 17.5 Å². The molecule has 0 saturated carbocycles. The first kappa shape index (κ1) is 52.7. The topological polar surface area (TPSA) is 244 Å². The van der Waals surface area contributed by atoms with Crippen LogP contribution in [0.5, 0.6) is 11.5 Å². The number of carbonyl (C=O) groups excluding carboxylic acids is 1. The van der Waals surface area contributed by atoms with Gasteiger partial charge < -0.3 is 50.5 Å². The van der Waals surface area contributed by atoms with E-state index < -0.39 is 12.3 Å². The molecule has 0 aliphatic carbocycles. The molecule has 19 nitrogen and oxygen atoms in total. The first-order valence-corrected chi connectivity index (χ1v) is 27.9. The highest BCUT2D eigenvalue weighted by Gasteiger charge is 2.41. The molecule has 402 valence electrons. The lowest BCUT2D eigenvalue weighted by atomic mass is 9.90. The Morgan fingerprint density at radius 2 is 1.62 bits per heavy atom. The van der Waals surface area contributed by atoms with E-state index in [2.05, 4.69) is 83.8 Å². The number of nitrogens with zero attached hydrogens (tertiary/aromatic N) is 10. The molecule has 2 aromatic carbocycles. The predicted octanol–water partition coefficient (Wildman–Crippen LogP) is 7.58. The van der Waals surface area contributed by atoms with Crippen LogP contribution in [0.2, 0.25) is 0 Å². The van der Waals surface area contributed by atoms with Crippen molar-refractivity contribution in [1.29, 1.82) is 5.41 Å². The van der Waals surface area contributed by atoms with Gasteiger partial charge in [0.25, 0.3) is 0 Å². The highest BCUT2D eigenvalue weighted by Crippen LogP contribution is 2.37. The van der Waals surface area contributed by atoms with Gasteiger partial charge in [0.2, 0.25) is 11.9 Å². The van der Waals surface area contributed by atoms with Crippen molar-refractivity contribution in [2.24, 2.45) is 17.6 Å². The van der Waals surface area contributed by atoms with E-state index in [0.717, 1.165) is 118 Å². The highest BCUT2D eigenvalue weighted by atomic mass is 32.1. The lowest BCUT2D eigenvalue weighted by Gasteiger charge is -2.37. The van der Waals surface area contributed by atoms with Crippen molar-refractivity contribution < 1.29 is 24.3 Å². The third-order valence-electron chi connectivity index (χ3n) is 15.9. The third kappa shape index (κ3) is 12.1. The van der Waals surface area contributed by atoms with Crippen molar-refractivity contribution in [1.82, 2.24) is 45.4 Å². The van der Waals surface area contributed by atoms with Gasteiger partial charge in [-0.25, -0.2) is 15.0 Å². The lowest BCUT2D eigenvalue weighted by molar-refractivity contribution is -0.131. The average Bonchev–Trinajstić information content (AvgIpc) is 4.23. The van der Waals surface area contributed by atoms with Crippen LogP contribution in [0.1, 0.15) is 107 Å². The second-order valence-electron chi connectivity index (χ2n) is 21.4. The number of aliphatic hydroxyl groups excluding tert-OH is 1. The number of nitrogens with two attached hydrogens (primary N) is 1. The SMILES string of the molecule is Cc1ncsc1-c1ccc([C@H](C)NC(=O)[C@@H]2CCCN2C(O)C(c2cc(N3CCC(CN4CCC(Oc5cnc(N6CCC(Nc7cc(-c8ccccc8O)nnc7C(=N)N)CC6)nc5)CC4)CC3)no2)C(C)C)cc1. The molecule has 8 heterocycles. The molecule has 6 aromatic rings. The van der Waals surface area contributed by atoms with Crippen LogP contribution in [0.3, 0.4) is 0 Å². The van der Waals surface area contributed by atoms with Crippen molar-refractivity contribution in [3.8, 4) is 33.2 Å². The molecule has 10 rings (SSSR count). The zero-order chi connectivity index (χ0) is 52.9. The number of aryl methyl sites for hydroxylation is 1. The average molecular weight is 1050 g/mol. The Balaban J connectivity index is 0.644. The van der Waals surface area contributed by atoms with Gasteiger partial charge in [-0.1, -0.05) is 55.4 Å². The number of anilines is 3. The van der Waals surface area contributed by atoms with E-state index in [4.69, 9.17) is 30.4 Å². The second kappa shape index (κ2) is 23.7. The Labute approximate surface area is 448 Å². The molecule has 7 N–H and O–H groups in total. The summed E-state index contributed by atoms with van der Waals surface area (Å²) in [5.41, 5.74) is 12.8. The van der Waals surface area contributed by atoms with Crippen LogP contribution in [0.15, 0.2) is 83.1 Å². The first-order valence-electron chi connectivity index (χ1n) is 27.0. The number of para-hydroxylation sites is 1. The molecule has 2 unspecified atom stereocenters. The number of nitrogens with one attached hydrogen (secondary N) is 3. The van der Waals surface area contributed by atoms with E-state index in [0.29, 0.717) is 53.3 Å². The van der Waals surface area contributed by atoms with Gasteiger partial charge >= 0.3 is 0 Å². The molecule has 0 bridgehead atoms. The Morgan fingerprint density at radius 3 is 2.30 bits per heavy atom. The van der Waals surface area contributed by atoms with Crippen molar-refractivity contribution >= 4 is 40.5 Å². The maximum atomic E-state index is 13.8. The number of piperidine rings is 3. The smallest absolute Gasteiger partial charge is 0.237 e. The minimum Gasteiger partial charge on any atom is -0.507 e. The lowest BCUT2D eigenvalue weighted by Crippen LogP contribution is -2.50. The fraction of sp³-hybridized carbons (Fsp3) is 0.500. The standard InChI is InChI=1S/C56H72N14O5S/c1-34(2)50(55(73)70-21-7-9-46(70)54(72)62-35(3)38-11-13-39(14-12-38)52-36(4)61-33-76-52)48-29-49(66-75-48)68-24-15-37(16-25-68)32-67-22-19-41(20-23-67)74-42-30-59-56(60-31-42)69-26-17-40(18-27-69)63-45-28-44(64-65-51(45)53(57)58)43-8-5-6-10-47(43)71/h5-6,8,10-14,28-31,33-35,37,40-41,46,50,55,71,73H,7,9,15-27,32H2,1-4H3,(H3,57,58)(H,62,72)(H,63,64)/t35-,46-,50?,55?/m0/s1. The number of ether oxygens (including phenoxy) is 1. The van der Waals surface area contributed by atoms with Gasteiger partial charge in [0.1, 0.15) is 29.7 Å². The number of phenolic OH excluding ortho intramolecular Hbond substituents is 1. The fourth-order valence-corrected chi connectivity index (χ4v) is 12.3. The van der Waals surface area contributed by atoms with Gasteiger partial charge in [-0.3, -0.25) is 15.1 Å². The van der Waals surface area contributed by atoms with Gasteiger partial charge in [0, 0.05) is 70.0 Å². The molecule has 4 aliphatic heterocycles. The third-order valence-corrected chi connectivity index (χ3v) is 16.8. The zero-order valence-corrected chi connectivity index (χ0v) is 44.8. The van der Waals surface area contributed by atoms with Crippen LogP contribution >= 0.6 is 11.3 Å². The fourth-order valence-electron chi connectivity index (χ4n) is 11.5. The zero-order valence-electron chi connectivity index (χ0n) is 44.0. The van der Waals surface area contributed by atoms with E-state index in [-0.39, 0.29) is 53.2 Å². The molecule has 0 spiro atoms. The molecule has 4 saturated heterocycles. The molecule has 1 amide bonds. The number of amidine groups is 1. The molecule has 4 aromatic heterocycles. The number of phenols is 1. The minimum atomic E-state index is -0.897. The van der Waals surface area contributed by atoms with Crippen LogP contribution in [0, 0.1) is 24.2 Å². The number of thiazole rings is 1. The summed E-state index contributed by atoms with van der Waals surface area (Å²) in [7, 11) is 0. The molecule has 4 fully saturated rings. The molecule has 76 heavy (non-hydrogen) atoms. The van der Waals surface area contributed by atoms with Crippen molar-refractivity contribution in [2.75, 3.05) is 67.5 Å². The maximum absolute atomic E-state index is 13.8. The van der Waals surface area contributed by atoms with E-state index in [1.165, 1.54) is 0 Å². The summed E-state index contributed by atoms with van der Waals surface area (Å²) in [6.07, 6.45) is 9.97. The first-order chi connectivity index (χ1) is 36.8. The number of aromatic nitrogens is 6. The Morgan fingerprint density at radius 1 is 0.895 bits per heavy atom. The Kier molecular flexibility index (Phi) is 16.4. The molecule has 0 radical (unpaired) electrons. The minimum absolute atomic E-state index is 0.0511. The van der Waals surface area contributed by atoms with Gasteiger partial charge in [0.05, 0.1) is 57.9 Å². The Hall–Kier alpha value is -6.74. The molecular formula is C56H72N14O5S. The number of carbonyl (C=O) groups is 1. The van der Waals surface area contributed by atoms with E-state index in [1.54, 1.807) is 48.0 Å².